The highest BCUT2D eigenvalue weighted by Crippen LogP contribution is 2.39. The Kier molecular flexibility index (Phi) is 6.32. The van der Waals surface area contributed by atoms with Crippen LogP contribution in [-0.2, 0) is 0 Å². The summed E-state index contributed by atoms with van der Waals surface area (Å²) in [6, 6.07) is 1.90. The van der Waals surface area contributed by atoms with E-state index in [2.05, 4.69) is 25.6 Å². The third-order valence-corrected chi connectivity index (χ3v) is 3.09. The number of allylic oxidation sites excluding steroid dienone is 3. The Bertz CT molecular complexity index is 325. The standard InChI is InChI=1S/C13H20N2O/c1-5-8-11(12(10-14)15-16)13(4,7-3)9-6-2/h6H,2,5,7-9H2,1,3-4H3/b12-11+. The van der Waals surface area contributed by atoms with E-state index in [0.29, 0.717) is 0 Å². The Hall–Kier alpha value is -1.43. The Balaban J connectivity index is 5.48. The summed E-state index contributed by atoms with van der Waals surface area (Å²) >= 11 is 0. The maximum absolute atomic E-state index is 10.7. The predicted octanol–water partition coefficient (Wildman–Crippen LogP) is 4.32. The molecule has 0 rings (SSSR count). The van der Waals surface area contributed by atoms with Crippen LogP contribution in [0.3, 0.4) is 0 Å². The average molecular weight is 220 g/mol. The molecule has 0 heterocycles. The molecule has 0 fully saturated rings. The van der Waals surface area contributed by atoms with Crippen molar-refractivity contribution < 1.29 is 0 Å². The maximum Gasteiger partial charge on any atom is 0.184 e. The van der Waals surface area contributed by atoms with Gasteiger partial charge in [-0.25, -0.2) is 0 Å². The fourth-order valence-electron chi connectivity index (χ4n) is 1.90. The normalized spacial score (nSPS) is 15.6. The summed E-state index contributed by atoms with van der Waals surface area (Å²) in [5.74, 6) is 0. The first-order chi connectivity index (χ1) is 7.59. The van der Waals surface area contributed by atoms with Crippen molar-refractivity contribution in [2.45, 2.75) is 46.5 Å². The van der Waals surface area contributed by atoms with Gasteiger partial charge in [0.25, 0.3) is 0 Å². The third kappa shape index (κ3) is 3.30. The SMILES string of the molecule is C=CCC(C)(CC)/C(CCC)=C(\C#N)N=O. The van der Waals surface area contributed by atoms with Crippen molar-refractivity contribution >= 4 is 0 Å². The van der Waals surface area contributed by atoms with E-state index in [1.807, 2.05) is 19.1 Å². The molecule has 0 aromatic carbocycles. The summed E-state index contributed by atoms with van der Waals surface area (Å²) in [5.41, 5.74) is 0.749. The van der Waals surface area contributed by atoms with Crippen LogP contribution in [0.2, 0.25) is 0 Å². The molecule has 0 aliphatic heterocycles. The van der Waals surface area contributed by atoms with Gasteiger partial charge in [-0.15, -0.1) is 11.5 Å². The third-order valence-electron chi connectivity index (χ3n) is 3.09. The second-order valence-electron chi connectivity index (χ2n) is 4.19. The zero-order chi connectivity index (χ0) is 12.6. The van der Waals surface area contributed by atoms with Crippen molar-refractivity contribution in [3.63, 3.8) is 0 Å². The van der Waals surface area contributed by atoms with Crippen LogP contribution in [0.5, 0.6) is 0 Å². The van der Waals surface area contributed by atoms with Crippen molar-refractivity contribution in [1.29, 1.82) is 5.26 Å². The summed E-state index contributed by atoms with van der Waals surface area (Å²) < 4.78 is 0. The molecule has 0 aromatic rings. The van der Waals surface area contributed by atoms with Crippen LogP contribution < -0.4 is 0 Å². The van der Waals surface area contributed by atoms with Crippen molar-refractivity contribution in [2.24, 2.45) is 10.6 Å². The molecule has 0 aromatic heterocycles. The number of nitrogens with zero attached hydrogens (tertiary/aromatic N) is 2. The quantitative estimate of drug-likeness (QED) is 0.364. The van der Waals surface area contributed by atoms with Gasteiger partial charge in [0.1, 0.15) is 6.07 Å². The average Bonchev–Trinajstić information content (AvgIpc) is 2.29. The van der Waals surface area contributed by atoms with Crippen molar-refractivity contribution in [1.82, 2.24) is 0 Å². The van der Waals surface area contributed by atoms with Crippen LogP contribution in [0, 0.1) is 21.7 Å². The number of hydrogen-bond donors (Lipinski definition) is 0. The van der Waals surface area contributed by atoms with Gasteiger partial charge in [-0.05, 0) is 35.4 Å². The van der Waals surface area contributed by atoms with E-state index < -0.39 is 0 Å². The summed E-state index contributed by atoms with van der Waals surface area (Å²) in [6.45, 7) is 9.88. The molecule has 0 amide bonds. The van der Waals surface area contributed by atoms with Gasteiger partial charge in [0.2, 0.25) is 0 Å². The smallest absolute Gasteiger partial charge is 0.184 e. The minimum atomic E-state index is -0.170. The zero-order valence-electron chi connectivity index (χ0n) is 10.4. The van der Waals surface area contributed by atoms with Gasteiger partial charge >= 0.3 is 0 Å². The highest BCUT2D eigenvalue weighted by atomic mass is 16.3. The van der Waals surface area contributed by atoms with E-state index >= 15 is 0 Å². The van der Waals surface area contributed by atoms with Gasteiger partial charge in [0.15, 0.2) is 5.70 Å². The van der Waals surface area contributed by atoms with Crippen LogP contribution in [0.4, 0.5) is 0 Å². The first kappa shape index (κ1) is 14.6. The van der Waals surface area contributed by atoms with E-state index in [1.54, 1.807) is 0 Å². The van der Waals surface area contributed by atoms with Gasteiger partial charge in [0.05, 0.1) is 0 Å². The van der Waals surface area contributed by atoms with Crippen LogP contribution in [0.25, 0.3) is 0 Å². The first-order valence-electron chi connectivity index (χ1n) is 5.67. The van der Waals surface area contributed by atoms with E-state index in [9.17, 15) is 4.91 Å². The molecule has 3 heteroatoms. The lowest BCUT2D eigenvalue weighted by atomic mass is 9.74. The maximum atomic E-state index is 10.7. The van der Waals surface area contributed by atoms with Crippen molar-refractivity contribution in [3.8, 4) is 6.07 Å². The van der Waals surface area contributed by atoms with Crippen LogP contribution in [0.1, 0.15) is 46.5 Å². The van der Waals surface area contributed by atoms with E-state index in [0.717, 1.165) is 31.3 Å². The molecule has 0 aliphatic carbocycles. The molecule has 3 nitrogen and oxygen atoms in total. The molecule has 16 heavy (non-hydrogen) atoms. The summed E-state index contributed by atoms with van der Waals surface area (Å²) in [7, 11) is 0. The zero-order valence-corrected chi connectivity index (χ0v) is 10.4. The van der Waals surface area contributed by atoms with Crippen LogP contribution in [0.15, 0.2) is 29.1 Å². The Morgan fingerprint density at radius 1 is 1.56 bits per heavy atom. The summed E-state index contributed by atoms with van der Waals surface area (Å²) in [6.07, 6.45) is 5.11. The Labute approximate surface area is 97.8 Å². The lowest BCUT2D eigenvalue weighted by molar-refractivity contribution is 0.370. The topological polar surface area (TPSA) is 53.2 Å². The fourth-order valence-corrected chi connectivity index (χ4v) is 1.90. The molecule has 0 saturated heterocycles. The predicted molar refractivity (Wildman–Crippen MR) is 66.6 cm³/mol. The molecule has 1 unspecified atom stereocenters. The van der Waals surface area contributed by atoms with Gasteiger partial charge in [0, 0.05) is 0 Å². The fraction of sp³-hybridized carbons (Fsp3) is 0.615. The number of nitriles is 1. The number of nitroso groups, excluding NO2 is 1. The monoisotopic (exact) mass is 220 g/mol. The molecule has 88 valence electrons. The molecule has 1 atom stereocenters. The second-order valence-corrected chi connectivity index (χ2v) is 4.19. The van der Waals surface area contributed by atoms with Crippen molar-refractivity contribution in [3.05, 3.63) is 28.8 Å². The Morgan fingerprint density at radius 3 is 2.50 bits per heavy atom. The largest absolute Gasteiger partial charge is 0.191 e. The van der Waals surface area contributed by atoms with E-state index in [4.69, 9.17) is 5.26 Å². The van der Waals surface area contributed by atoms with E-state index in [1.165, 1.54) is 0 Å². The Morgan fingerprint density at radius 2 is 2.19 bits per heavy atom. The molecule has 0 N–H and O–H groups in total. The number of rotatable bonds is 7. The van der Waals surface area contributed by atoms with Crippen LogP contribution in [-0.4, -0.2) is 0 Å². The van der Waals surface area contributed by atoms with E-state index in [-0.39, 0.29) is 11.1 Å². The summed E-state index contributed by atoms with van der Waals surface area (Å²) in [5, 5.41) is 11.8. The van der Waals surface area contributed by atoms with Gasteiger partial charge < -0.3 is 0 Å². The molecule has 0 bridgehead atoms. The molecule has 0 aliphatic rings. The molecular weight excluding hydrogens is 200 g/mol. The van der Waals surface area contributed by atoms with Crippen molar-refractivity contribution in [2.75, 3.05) is 0 Å². The molecular formula is C13H20N2O. The molecule has 0 saturated carbocycles. The van der Waals surface area contributed by atoms with Gasteiger partial charge in [-0.1, -0.05) is 33.3 Å². The lowest BCUT2D eigenvalue weighted by Gasteiger charge is -2.30. The van der Waals surface area contributed by atoms with Gasteiger partial charge in [-0.2, -0.15) is 5.26 Å². The second kappa shape index (κ2) is 6.95. The minimum absolute atomic E-state index is 0.0491. The lowest BCUT2D eigenvalue weighted by Crippen LogP contribution is -2.19. The first-order valence-corrected chi connectivity index (χ1v) is 5.67. The highest BCUT2D eigenvalue weighted by molar-refractivity contribution is 5.31. The summed E-state index contributed by atoms with van der Waals surface area (Å²) in [4.78, 5) is 10.7. The number of hydrogen-bond acceptors (Lipinski definition) is 3. The van der Waals surface area contributed by atoms with Crippen LogP contribution >= 0.6 is 0 Å². The highest BCUT2D eigenvalue weighted by Gasteiger charge is 2.28. The molecule has 0 spiro atoms. The van der Waals surface area contributed by atoms with Gasteiger partial charge in [-0.3, -0.25) is 0 Å². The minimum Gasteiger partial charge on any atom is -0.191 e. The molecule has 0 radical (unpaired) electrons.